The van der Waals surface area contributed by atoms with Gasteiger partial charge in [0.1, 0.15) is 5.75 Å². The second-order valence-corrected chi connectivity index (χ2v) is 4.58. The molecule has 14 heavy (non-hydrogen) atoms. The maximum atomic E-state index is 5.21. The van der Waals surface area contributed by atoms with Crippen LogP contribution in [0.5, 0.6) is 5.75 Å². The fraction of sp³-hybridized carbons (Fsp3) is 0.500. The highest BCUT2D eigenvalue weighted by Gasteiger charge is 2.38. The van der Waals surface area contributed by atoms with E-state index in [4.69, 9.17) is 4.74 Å². The third-order valence-electron chi connectivity index (χ3n) is 2.97. The molecule has 1 aliphatic heterocycles. The molecule has 1 atom stereocenters. The quantitative estimate of drug-likeness (QED) is 0.775. The van der Waals surface area contributed by atoms with Crippen LogP contribution in [0.4, 0.5) is 0 Å². The summed E-state index contributed by atoms with van der Waals surface area (Å²) in [5, 5.41) is 3.45. The summed E-state index contributed by atoms with van der Waals surface area (Å²) in [5.41, 5.74) is 1.69. The third-order valence-corrected chi connectivity index (χ3v) is 2.97. The van der Waals surface area contributed by atoms with E-state index in [0.717, 1.165) is 12.3 Å². The molecule has 0 spiro atoms. The first-order valence-corrected chi connectivity index (χ1v) is 5.01. The van der Waals surface area contributed by atoms with Crippen LogP contribution >= 0.6 is 0 Å². The van der Waals surface area contributed by atoms with Gasteiger partial charge in [0.15, 0.2) is 0 Å². The highest BCUT2D eigenvalue weighted by molar-refractivity contribution is 5.32. The van der Waals surface area contributed by atoms with E-state index in [2.05, 4.69) is 31.3 Å². The first-order valence-electron chi connectivity index (χ1n) is 5.01. The van der Waals surface area contributed by atoms with Gasteiger partial charge in [0, 0.05) is 12.6 Å². The van der Waals surface area contributed by atoms with E-state index in [0.29, 0.717) is 11.5 Å². The van der Waals surface area contributed by atoms with Crippen LogP contribution in [-0.2, 0) is 0 Å². The van der Waals surface area contributed by atoms with Gasteiger partial charge in [-0.25, -0.2) is 0 Å². The average molecular weight is 191 g/mol. The van der Waals surface area contributed by atoms with Gasteiger partial charge in [-0.1, -0.05) is 26.0 Å². The van der Waals surface area contributed by atoms with Crippen LogP contribution in [0.1, 0.15) is 25.5 Å². The van der Waals surface area contributed by atoms with Crippen LogP contribution in [0.25, 0.3) is 0 Å². The minimum atomic E-state index is 0.367. The molecule has 1 saturated heterocycles. The van der Waals surface area contributed by atoms with Gasteiger partial charge < -0.3 is 10.1 Å². The summed E-state index contributed by atoms with van der Waals surface area (Å²) in [6, 6.07) is 8.76. The molecule has 2 heteroatoms. The van der Waals surface area contributed by atoms with E-state index in [1.54, 1.807) is 7.11 Å². The van der Waals surface area contributed by atoms with Crippen molar-refractivity contribution in [2.45, 2.75) is 19.9 Å². The molecule has 0 radical (unpaired) electrons. The number of hydrogen-bond donors (Lipinski definition) is 1. The molecule has 1 unspecified atom stereocenters. The van der Waals surface area contributed by atoms with E-state index in [-0.39, 0.29) is 0 Å². The fourth-order valence-corrected chi connectivity index (χ4v) is 2.00. The molecule has 1 heterocycles. The van der Waals surface area contributed by atoms with Crippen molar-refractivity contribution >= 4 is 0 Å². The topological polar surface area (TPSA) is 21.3 Å². The Bertz CT molecular complexity index is 333. The predicted molar refractivity (Wildman–Crippen MR) is 57.5 cm³/mol. The number of hydrogen-bond acceptors (Lipinski definition) is 2. The van der Waals surface area contributed by atoms with Gasteiger partial charge in [-0.3, -0.25) is 0 Å². The Morgan fingerprint density at radius 3 is 2.71 bits per heavy atom. The van der Waals surface area contributed by atoms with Gasteiger partial charge in [0.05, 0.1) is 7.11 Å². The molecule has 0 bridgehead atoms. The molecule has 0 amide bonds. The zero-order chi connectivity index (χ0) is 10.2. The summed E-state index contributed by atoms with van der Waals surface area (Å²) >= 11 is 0. The van der Waals surface area contributed by atoms with Crippen molar-refractivity contribution in [3.63, 3.8) is 0 Å². The van der Waals surface area contributed by atoms with Crippen LogP contribution in [0.15, 0.2) is 24.3 Å². The van der Waals surface area contributed by atoms with Crippen molar-refractivity contribution in [2.24, 2.45) is 5.41 Å². The lowest BCUT2D eigenvalue weighted by Crippen LogP contribution is -2.52. The smallest absolute Gasteiger partial charge is 0.119 e. The molecule has 0 saturated carbocycles. The largest absolute Gasteiger partial charge is 0.497 e. The van der Waals surface area contributed by atoms with Gasteiger partial charge in [-0.2, -0.15) is 0 Å². The highest BCUT2D eigenvalue weighted by atomic mass is 16.5. The second-order valence-electron chi connectivity index (χ2n) is 4.58. The van der Waals surface area contributed by atoms with Gasteiger partial charge >= 0.3 is 0 Å². The Morgan fingerprint density at radius 2 is 2.21 bits per heavy atom. The predicted octanol–water partition coefficient (Wildman–Crippen LogP) is 2.37. The van der Waals surface area contributed by atoms with E-state index >= 15 is 0 Å². The van der Waals surface area contributed by atoms with Gasteiger partial charge in [-0.05, 0) is 23.1 Å². The summed E-state index contributed by atoms with van der Waals surface area (Å²) in [7, 11) is 1.71. The van der Waals surface area contributed by atoms with Crippen LogP contribution in [-0.4, -0.2) is 13.7 Å². The zero-order valence-corrected chi connectivity index (χ0v) is 9.00. The summed E-state index contributed by atoms with van der Waals surface area (Å²) in [6.07, 6.45) is 0. The zero-order valence-electron chi connectivity index (χ0n) is 9.00. The Kier molecular flexibility index (Phi) is 2.23. The van der Waals surface area contributed by atoms with Gasteiger partial charge in [0.2, 0.25) is 0 Å². The fourth-order valence-electron chi connectivity index (χ4n) is 2.00. The Morgan fingerprint density at radius 1 is 1.43 bits per heavy atom. The lowest BCUT2D eigenvalue weighted by Gasteiger charge is -2.46. The van der Waals surface area contributed by atoms with E-state index in [1.165, 1.54) is 5.56 Å². The van der Waals surface area contributed by atoms with E-state index < -0.39 is 0 Å². The molecule has 1 aromatic rings. The van der Waals surface area contributed by atoms with Crippen molar-refractivity contribution in [1.82, 2.24) is 5.32 Å². The highest BCUT2D eigenvalue weighted by Crippen LogP contribution is 2.40. The summed E-state index contributed by atoms with van der Waals surface area (Å²) in [4.78, 5) is 0. The number of nitrogens with one attached hydrogen (secondary N) is 1. The monoisotopic (exact) mass is 191 g/mol. The van der Waals surface area contributed by atoms with Crippen molar-refractivity contribution in [2.75, 3.05) is 13.7 Å². The van der Waals surface area contributed by atoms with Crippen molar-refractivity contribution in [3.05, 3.63) is 29.8 Å². The first kappa shape index (κ1) is 9.53. The van der Waals surface area contributed by atoms with Gasteiger partial charge in [0.25, 0.3) is 0 Å². The first-order chi connectivity index (χ1) is 6.63. The molecule has 2 rings (SSSR count). The molecule has 76 valence electrons. The standard InChI is InChI=1S/C12H17NO/c1-12(2)8-13-11(12)9-5-4-6-10(7-9)14-3/h4-7,11,13H,8H2,1-3H3. The van der Waals surface area contributed by atoms with Gasteiger partial charge in [-0.15, -0.1) is 0 Å². The number of ether oxygens (including phenoxy) is 1. The molecular weight excluding hydrogens is 174 g/mol. The van der Waals surface area contributed by atoms with Crippen LogP contribution in [0.3, 0.4) is 0 Å². The van der Waals surface area contributed by atoms with Crippen molar-refractivity contribution in [1.29, 1.82) is 0 Å². The minimum Gasteiger partial charge on any atom is -0.497 e. The number of benzene rings is 1. The second kappa shape index (κ2) is 3.28. The lowest BCUT2D eigenvalue weighted by atomic mass is 9.74. The van der Waals surface area contributed by atoms with E-state index in [9.17, 15) is 0 Å². The molecule has 0 aliphatic carbocycles. The Labute approximate surface area is 85.3 Å². The molecule has 1 fully saturated rings. The molecule has 2 nitrogen and oxygen atoms in total. The minimum absolute atomic E-state index is 0.367. The third kappa shape index (κ3) is 1.50. The maximum absolute atomic E-state index is 5.21. The molecule has 1 aliphatic rings. The Hall–Kier alpha value is -1.02. The number of rotatable bonds is 2. The molecule has 1 N–H and O–H groups in total. The lowest BCUT2D eigenvalue weighted by molar-refractivity contribution is 0.128. The summed E-state index contributed by atoms with van der Waals surface area (Å²) in [6.45, 7) is 5.66. The molecule has 1 aromatic carbocycles. The SMILES string of the molecule is COc1cccc(C2NCC2(C)C)c1. The normalized spacial score (nSPS) is 24.1. The average Bonchev–Trinajstić information content (AvgIpc) is 2.17. The summed E-state index contributed by atoms with van der Waals surface area (Å²) < 4.78 is 5.21. The van der Waals surface area contributed by atoms with Crippen LogP contribution in [0.2, 0.25) is 0 Å². The van der Waals surface area contributed by atoms with Crippen LogP contribution in [0, 0.1) is 5.41 Å². The van der Waals surface area contributed by atoms with Crippen molar-refractivity contribution < 1.29 is 4.74 Å². The van der Waals surface area contributed by atoms with Crippen molar-refractivity contribution in [3.8, 4) is 5.75 Å². The molecular formula is C12H17NO. The molecule has 0 aromatic heterocycles. The Balaban J connectivity index is 2.24. The van der Waals surface area contributed by atoms with Crippen LogP contribution < -0.4 is 10.1 Å². The summed E-state index contributed by atoms with van der Waals surface area (Å²) in [5.74, 6) is 0.937. The maximum Gasteiger partial charge on any atom is 0.119 e. The van der Waals surface area contributed by atoms with E-state index in [1.807, 2.05) is 12.1 Å². The number of methoxy groups -OCH3 is 1.